The molecule has 1 aliphatic carbocycles. The molecule has 1 saturated carbocycles. The zero-order valence-corrected chi connectivity index (χ0v) is 15.9. The Labute approximate surface area is 155 Å². The molecular weight excluding hydrogens is 328 g/mol. The first-order chi connectivity index (χ1) is 12.4. The molecular formula is C21H28N2O3. The van der Waals surface area contributed by atoms with Gasteiger partial charge in [-0.25, -0.2) is 0 Å². The van der Waals surface area contributed by atoms with E-state index in [4.69, 9.17) is 4.74 Å². The Balaban J connectivity index is 1.54. The maximum absolute atomic E-state index is 13.1. The lowest BCUT2D eigenvalue weighted by Crippen LogP contribution is -2.57. The van der Waals surface area contributed by atoms with E-state index in [1.165, 1.54) is 0 Å². The number of aryl methyl sites for hydroxylation is 1. The van der Waals surface area contributed by atoms with E-state index in [0.717, 1.165) is 37.0 Å². The number of amides is 2. The van der Waals surface area contributed by atoms with Gasteiger partial charge >= 0.3 is 0 Å². The van der Waals surface area contributed by atoms with Crippen molar-refractivity contribution in [1.82, 2.24) is 9.80 Å². The van der Waals surface area contributed by atoms with Crippen molar-refractivity contribution in [3.63, 3.8) is 0 Å². The summed E-state index contributed by atoms with van der Waals surface area (Å²) >= 11 is 0. The molecule has 2 saturated heterocycles. The van der Waals surface area contributed by atoms with Crippen molar-refractivity contribution in [2.24, 2.45) is 5.41 Å². The third kappa shape index (κ3) is 2.60. The number of hydrogen-bond donors (Lipinski definition) is 0. The van der Waals surface area contributed by atoms with Crippen LogP contribution in [0.2, 0.25) is 0 Å². The van der Waals surface area contributed by atoms with Gasteiger partial charge in [-0.3, -0.25) is 9.59 Å². The van der Waals surface area contributed by atoms with Crippen LogP contribution in [0.5, 0.6) is 5.75 Å². The van der Waals surface area contributed by atoms with E-state index in [1.807, 2.05) is 36.1 Å². The molecule has 0 spiro atoms. The lowest BCUT2D eigenvalue weighted by atomic mass is 9.66. The van der Waals surface area contributed by atoms with Crippen LogP contribution >= 0.6 is 0 Å². The van der Waals surface area contributed by atoms with Gasteiger partial charge in [-0.1, -0.05) is 25.1 Å². The van der Waals surface area contributed by atoms with Crippen LogP contribution in [0.3, 0.4) is 0 Å². The third-order valence-corrected chi connectivity index (χ3v) is 6.80. The van der Waals surface area contributed by atoms with Crippen LogP contribution < -0.4 is 4.74 Å². The van der Waals surface area contributed by atoms with Gasteiger partial charge in [-0.15, -0.1) is 0 Å². The maximum atomic E-state index is 13.1. The van der Waals surface area contributed by atoms with Gasteiger partial charge < -0.3 is 14.5 Å². The number of likely N-dealkylation sites (tertiary alicyclic amines) is 2. The Morgan fingerprint density at radius 1 is 1.23 bits per heavy atom. The molecule has 0 N–H and O–H groups in total. The van der Waals surface area contributed by atoms with Gasteiger partial charge in [0.05, 0.1) is 6.04 Å². The van der Waals surface area contributed by atoms with Crippen molar-refractivity contribution in [3.05, 3.63) is 29.8 Å². The topological polar surface area (TPSA) is 49.9 Å². The quantitative estimate of drug-likeness (QED) is 0.837. The fraction of sp³-hybridized carbons (Fsp3) is 0.619. The number of benzene rings is 1. The molecule has 0 unspecified atom stereocenters. The second kappa shape index (κ2) is 6.29. The number of carbonyl (C=O) groups is 2. The Hall–Kier alpha value is -2.04. The minimum absolute atomic E-state index is 0.0190. The van der Waals surface area contributed by atoms with Gasteiger partial charge in [0.2, 0.25) is 5.91 Å². The minimum atomic E-state index is 0.0190. The van der Waals surface area contributed by atoms with Crippen LogP contribution in [-0.2, 0) is 9.59 Å². The van der Waals surface area contributed by atoms with Gasteiger partial charge in [-0.2, -0.15) is 0 Å². The molecule has 5 nitrogen and oxygen atoms in total. The maximum Gasteiger partial charge on any atom is 0.261 e. The van der Waals surface area contributed by atoms with E-state index in [0.29, 0.717) is 6.54 Å². The highest BCUT2D eigenvalue weighted by Crippen LogP contribution is 2.54. The van der Waals surface area contributed by atoms with Gasteiger partial charge in [-0.05, 0) is 44.2 Å². The molecule has 0 aromatic heterocycles. The summed E-state index contributed by atoms with van der Waals surface area (Å²) in [6, 6.07) is 8.39. The van der Waals surface area contributed by atoms with Crippen molar-refractivity contribution in [3.8, 4) is 5.75 Å². The zero-order valence-electron chi connectivity index (χ0n) is 15.9. The summed E-state index contributed by atoms with van der Waals surface area (Å²) in [5.74, 6) is 0.955. The predicted molar refractivity (Wildman–Crippen MR) is 98.8 cm³/mol. The molecule has 4 rings (SSSR count). The highest BCUT2D eigenvalue weighted by atomic mass is 16.5. The second-order valence-corrected chi connectivity index (χ2v) is 8.35. The molecule has 3 fully saturated rings. The van der Waals surface area contributed by atoms with E-state index >= 15 is 0 Å². The lowest BCUT2D eigenvalue weighted by molar-refractivity contribution is -0.138. The van der Waals surface area contributed by atoms with Crippen molar-refractivity contribution < 1.29 is 14.3 Å². The molecule has 140 valence electrons. The summed E-state index contributed by atoms with van der Waals surface area (Å²) in [6.45, 7) is 6.66. The second-order valence-electron chi connectivity index (χ2n) is 8.35. The zero-order chi connectivity index (χ0) is 18.5. The summed E-state index contributed by atoms with van der Waals surface area (Å²) in [7, 11) is 0. The summed E-state index contributed by atoms with van der Waals surface area (Å²) in [6.07, 6.45) is 4.17. The molecule has 5 heteroatoms. The smallest absolute Gasteiger partial charge is 0.261 e. The van der Waals surface area contributed by atoms with Crippen molar-refractivity contribution >= 4 is 11.8 Å². The largest absolute Gasteiger partial charge is 0.484 e. The molecule has 26 heavy (non-hydrogen) atoms. The molecule has 2 amide bonds. The summed E-state index contributed by atoms with van der Waals surface area (Å²) in [5, 5.41) is 0. The first kappa shape index (κ1) is 17.4. The lowest BCUT2D eigenvalue weighted by Gasteiger charge is -2.49. The highest BCUT2D eigenvalue weighted by Gasteiger charge is 2.61. The molecule has 1 aromatic rings. The Bertz CT molecular complexity index is 734. The normalized spacial score (nSPS) is 32.5. The number of piperidine rings is 1. The van der Waals surface area contributed by atoms with Crippen LogP contribution in [-0.4, -0.2) is 52.9 Å². The summed E-state index contributed by atoms with van der Waals surface area (Å²) < 4.78 is 5.83. The molecule has 1 aromatic carbocycles. The van der Waals surface area contributed by atoms with E-state index in [9.17, 15) is 9.59 Å². The number of nitrogens with zero attached hydrogens (tertiary/aromatic N) is 2. The Kier molecular flexibility index (Phi) is 4.20. The van der Waals surface area contributed by atoms with Crippen LogP contribution in [0.25, 0.3) is 0 Å². The third-order valence-electron chi connectivity index (χ3n) is 6.80. The average Bonchev–Trinajstić information content (AvgIpc) is 2.90. The van der Waals surface area contributed by atoms with E-state index in [-0.39, 0.29) is 42.0 Å². The molecule has 2 aliphatic heterocycles. The highest BCUT2D eigenvalue weighted by molar-refractivity contribution is 5.80. The van der Waals surface area contributed by atoms with Crippen LogP contribution in [0.15, 0.2) is 24.3 Å². The van der Waals surface area contributed by atoms with Gasteiger partial charge in [0.1, 0.15) is 5.75 Å². The van der Waals surface area contributed by atoms with Gasteiger partial charge in [0.25, 0.3) is 5.91 Å². The fourth-order valence-corrected chi connectivity index (χ4v) is 5.65. The number of para-hydroxylation sites is 1. The predicted octanol–water partition coefficient (Wildman–Crippen LogP) is 2.76. The van der Waals surface area contributed by atoms with Gasteiger partial charge in [0.15, 0.2) is 6.61 Å². The number of ether oxygens (including phenoxy) is 1. The van der Waals surface area contributed by atoms with Crippen LogP contribution in [0.1, 0.15) is 45.1 Å². The van der Waals surface area contributed by atoms with E-state index < -0.39 is 0 Å². The summed E-state index contributed by atoms with van der Waals surface area (Å²) in [4.78, 5) is 29.4. The van der Waals surface area contributed by atoms with Crippen molar-refractivity contribution in [2.45, 2.75) is 64.6 Å². The molecule has 3 aliphatic rings. The number of carbonyl (C=O) groups excluding carboxylic acids is 2. The number of hydrogen-bond acceptors (Lipinski definition) is 3. The van der Waals surface area contributed by atoms with E-state index in [2.05, 4.69) is 11.8 Å². The van der Waals surface area contributed by atoms with E-state index in [1.54, 1.807) is 6.92 Å². The standard InChI is InChI=1S/C21H28N2O3/c1-14-7-4-5-8-17(14)26-13-20(25)23-16-11-21(3)18(9-6-10-19(21)23)22(12-16)15(2)24/h4-5,7-8,16,18-19H,6,9-13H2,1-3H3/t16-,18+,19-,21+/m0/s1. The molecule has 0 radical (unpaired) electrons. The van der Waals surface area contributed by atoms with Crippen LogP contribution in [0, 0.1) is 12.3 Å². The molecule has 2 heterocycles. The first-order valence-corrected chi connectivity index (χ1v) is 9.68. The van der Waals surface area contributed by atoms with Crippen molar-refractivity contribution in [2.75, 3.05) is 13.2 Å². The first-order valence-electron chi connectivity index (χ1n) is 9.68. The Morgan fingerprint density at radius 2 is 1.96 bits per heavy atom. The van der Waals surface area contributed by atoms with Crippen molar-refractivity contribution in [1.29, 1.82) is 0 Å². The minimum Gasteiger partial charge on any atom is -0.484 e. The molecule has 4 atom stereocenters. The average molecular weight is 356 g/mol. The number of rotatable bonds is 3. The van der Waals surface area contributed by atoms with Gasteiger partial charge in [0, 0.05) is 31.0 Å². The monoisotopic (exact) mass is 356 g/mol. The fourth-order valence-electron chi connectivity index (χ4n) is 5.65. The van der Waals surface area contributed by atoms with Crippen LogP contribution in [0.4, 0.5) is 0 Å². The summed E-state index contributed by atoms with van der Waals surface area (Å²) in [5.41, 5.74) is 1.05. The SMILES string of the molecule is CC(=O)N1C[C@@H]2C[C@@]3(C)[C@H](CCC[C@@H]13)N2C(=O)COc1ccccc1C. The number of fused-ring (bicyclic) bond motifs is 1. The Morgan fingerprint density at radius 3 is 2.69 bits per heavy atom. The molecule has 2 bridgehead atoms.